The lowest BCUT2D eigenvalue weighted by molar-refractivity contribution is -0.141. The van der Waals surface area contributed by atoms with Crippen LogP contribution in [0.3, 0.4) is 0 Å². The number of esters is 1. The number of halogens is 1. The highest BCUT2D eigenvalue weighted by atomic mass is 19.1. The van der Waals surface area contributed by atoms with E-state index in [1.54, 1.807) is 12.1 Å². The van der Waals surface area contributed by atoms with Crippen LogP contribution in [0.25, 0.3) is 0 Å². The molecule has 0 saturated heterocycles. The highest BCUT2D eigenvalue weighted by molar-refractivity contribution is 5.79. The highest BCUT2D eigenvalue weighted by Crippen LogP contribution is 2.15. The van der Waals surface area contributed by atoms with Gasteiger partial charge in [0.15, 0.2) is 0 Å². The Labute approximate surface area is 119 Å². The Morgan fingerprint density at radius 1 is 1.45 bits per heavy atom. The van der Waals surface area contributed by atoms with Crippen LogP contribution in [0.5, 0.6) is 0 Å². The van der Waals surface area contributed by atoms with E-state index in [1.807, 2.05) is 6.08 Å². The summed E-state index contributed by atoms with van der Waals surface area (Å²) in [5.41, 5.74) is 0.589. The molecule has 4 heteroatoms. The number of anilines is 1. The number of hydrogen-bond donors (Lipinski definition) is 1. The molecule has 0 aliphatic carbocycles. The Morgan fingerprint density at radius 2 is 2.25 bits per heavy atom. The second-order valence-corrected chi connectivity index (χ2v) is 4.66. The lowest BCUT2D eigenvalue weighted by Gasteiger charge is -2.17. The van der Waals surface area contributed by atoms with Gasteiger partial charge in [-0.25, -0.2) is 9.18 Å². The Kier molecular flexibility index (Phi) is 7.40. The van der Waals surface area contributed by atoms with Crippen LogP contribution in [0.2, 0.25) is 0 Å². The Morgan fingerprint density at radius 3 is 2.90 bits per heavy atom. The summed E-state index contributed by atoms with van der Waals surface area (Å²) in [6.07, 6.45) is 6.56. The minimum atomic E-state index is -0.439. The van der Waals surface area contributed by atoms with Crippen LogP contribution in [0.4, 0.5) is 10.1 Å². The first-order chi connectivity index (χ1) is 9.67. The lowest BCUT2D eigenvalue weighted by Crippen LogP contribution is -2.30. The van der Waals surface area contributed by atoms with Gasteiger partial charge in [0.25, 0.3) is 0 Å². The molecule has 0 aromatic heterocycles. The van der Waals surface area contributed by atoms with Gasteiger partial charge in [0, 0.05) is 5.69 Å². The fourth-order valence-electron chi connectivity index (χ4n) is 1.98. The number of ether oxygens (including phenoxy) is 1. The Balaban J connectivity index is 2.51. The number of methoxy groups -OCH3 is 1. The van der Waals surface area contributed by atoms with E-state index in [2.05, 4.69) is 11.9 Å². The summed E-state index contributed by atoms with van der Waals surface area (Å²) in [4.78, 5) is 11.7. The average Bonchev–Trinajstić information content (AvgIpc) is 2.45. The number of carbonyl (C=O) groups is 1. The zero-order valence-electron chi connectivity index (χ0n) is 11.9. The summed E-state index contributed by atoms with van der Waals surface area (Å²) >= 11 is 0. The fourth-order valence-corrected chi connectivity index (χ4v) is 1.98. The molecule has 3 nitrogen and oxygen atoms in total. The molecule has 1 rings (SSSR count). The van der Waals surface area contributed by atoms with Crippen LogP contribution in [0.15, 0.2) is 36.9 Å². The average molecular weight is 279 g/mol. The van der Waals surface area contributed by atoms with Crippen molar-refractivity contribution in [2.75, 3.05) is 12.4 Å². The first-order valence-corrected chi connectivity index (χ1v) is 6.88. The van der Waals surface area contributed by atoms with Gasteiger partial charge in [-0.3, -0.25) is 0 Å². The summed E-state index contributed by atoms with van der Waals surface area (Å²) < 4.78 is 17.9. The SMILES string of the molecule is C=CCCCCCC(Nc1cccc(F)c1)C(=O)OC. The number of rotatable bonds is 9. The molecule has 110 valence electrons. The molecular weight excluding hydrogens is 257 g/mol. The molecule has 1 N–H and O–H groups in total. The number of nitrogens with one attached hydrogen (secondary N) is 1. The van der Waals surface area contributed by atoms with Crippen LogP contribution >= 0.6 is 0 Å². The van der Waals surface area contributed by atoms with Crippen molar-refractivity contribution in [3.8, 4) is 0 Å². The molecule has 1 aromatic rings. The lowest BCUT2D eigenvalue weighted by atomic mass is 10.1. The van der Waals surface area contributed by atoms with Crippen LogP contribution in [0, 0.1) is 5.82 Å². The van der Waals surface area contributed by atoms with Gasteiger partial charge in [0.05, 0.1) is 7.11 Å². The van der Waals surface area contributed by atoms with Gasteiger partial charge >= 0.3 is 5.97 Å². The van der Waals surface area contributed by atoms with Crippen molar-refractivity contribution in [3.05, 3.63) is 42.7 Å². The molecule has 0 saturated carbocycles. The van der Waals surface area contributed by atoms with E-state index in [0.717, 1.165) is 25.7 Å². The predicted octanol–water partition coefficient (Wildman–Crippen LogP) is 3.92. The largest absolute Gasteiger partial charge is 0.467 e. The van der Waals surface area contributed by atoms with Crippen molar-refractivity contribution in [1.82, 2.24) is 0 Å². The Hall–Kier alpha value is -1.84. The third-order valence-corrected chi connectivity index (χ3v) is 3.05. The number of unbranched alkanes of at least 4 members (excludes halogenated alkanes) is 3. The predicted molar refractivity (Wildman–Crippen MR) is 79.1 cm³/mol. The quantitative estimate of drug-likeness (QED) is 0.423. The van der Waals surface area contributed by atoms with Crippen LogP contribution in [0.1, 0.15) is 32.1 Å². The van der Waals surface area contributed by atoms with Gasteiger partial charge in [-0.05, 0) is 37.5 Å². The monoisotopic (exact) mass is 279 g/mol. The molecule has 0 heterocycles. The van der Waals surface area contributed by atoms with Gasteiger partial charge in [-0.15, -0.1) is 6.58 Å². The molecule has 0 aliphatic rings. The van der Waals surface area contributed by atoms with E-state index in [0.29, 0.717) is 12.1 Å². The molecule has 1 unspecified atom stereocenters. The molecule has 1 atom stereocenters. The zero-order valence-corrected chi connectivity index (χ0v) is 11.9. The van der Waals surface area contributed by atoms with Crippen LogP contribution in [-0.2, 0) is 9.53 Å². The standard InChI is InChI=1S/C16H22FNO2/c1-3-4-5-6-7-11-15(16(19)20-2)18-14-10-8-9-13(17)12-14/h3,8-10,12,15,18H,1,4-7,11H2,2H3. The second kappa shape index (κ2) is 9.13. The van der Waals surface area contributed by atoms with Crippen molar-refractivity contribution >= 4 is 11.7 Å². The third kappa shape index (κ3) is 5.87. The fraction of sp³-hybridized carbons (Fsp3) is 0.438. The number of benzene rings is 1. The van der Waals surface area contributed by atoms with Crippen LogP contribution < -0.4 is 5.32 Å². The van der Waals surface area contributed by atoms with Gasteiger partial charge in [-0.2, -0.15) is 0 Å². The maximum absolute atomic E-state index is 13.1. The third-order valence-electron chi connectivity index (χ3n) is 3.05. The van der Waals surface area contributed by atoms with Gasteiger partial charge in [0.2, 0.25) is 0 Å². The summed E-state index contributed by atoms with van der Waals surface area (Å²) in [7, 11) is 1.36. The smallest absolute Gasteiger partial charge is 0.328 e. The molecule has 1 aromatic carbocycles. The molecule has 0 spiro atoms. The van der Waals surface area contributed by atoms with Crippen molar-refractivity contribution in [2.24, 2.45) is 0 Å². The zero-order chi connectivity index (χ0) is 14.8. The van der Waals surface area contributed by atoms with E-state index in [1.165, 1.54) is 19.2 Å². The van der Waals surface area contributed by atoms with E-state index >= 15 is 0 Å². The normalized spacial score (nSPS) is 11.7. The molecule has 0 bridgehead atoms. The van der Waals surface area contributed by atoms with E-state index in [9.17, 15) is 9.18 Å². The van der Waals surface area contributed by atoms with Crippen molar-refractivity contribution in [2.45, 2.75) is 38.1 Å². The molecule has 20 heavy (non-hydrogen) atoms. The first-order valence-electron chi connectivity index (χ1n) is 6.88. The van der Waals surface area contributed by atoms with E-state index in [-0.39, 0.29) is 11.8 Å². The molecule has 0 aliphatic heterocycles. The maximum atomic E-state index is 13.1. The van der Waals surface area contributed by atoms with Gasteiger partial charge < -0.3 is 10.1 Å². The number of allylic oxidation sites excluding steroid dienone is 1. The molecule has 0 radical (unpaired) electrons. The summed E-state index contributed by atoms with van der Waals surface area (Å²) in [5, 5.41) is 3.03. The minimum Gasteiger partial charge on any atom is -0.467 e. The van der Waals surface area contributed by atoms with Gasteiger partial charge in [0.1, 0.15) is 11.9 Å². The van der Waals surface area contributed by atoms with E-state index in [4.69, 9.17) is 4.74 Å². The second-order valence-electron chi connectivity index (χ2n) is 4.66. The maximum Gasteiger partial charge on any atom is 0.328 e. The van der Waals surface area contributed by atoms with Crippen molar-refractivity contribution in [1.29, 1.82) is 0 Å². The number of hydrogen-bond acceptors (Lipinski definition) is 3. The summed E-state index contributed by atoms with van der Waals surface area (Å²) in [6, 6.07) is 5.64. The minimum absolute atomic E-state index is 0.321. The Bertz CT molecular complexity index is 434. The van der Waals surface area contributed by atoms with Crippen LogP contribution in [-0.4, -0.2) is 19.1 Å². The van der Waals surface area contributed by atoms with Crippen molar-refractivity contribution < 1.29 is 13.9 Å². The molecule has 0 amide bonds. The summed E-state index contributed by atoms with van der Waals surface area (Å²) in [5.74, 6) is -0.650. The van der Waals surface area contributed by atoms with Crippen molar-refractivity contribution in [3.63, 3.8) is 0 Å². The topological polar surface area (TPSA) is 38.3 Å². The highest BCUT2D eigenvalue weighted by Gasteiger charge is 2.18. The van der Waals surface area contributed by atoms with E-state index < -0.39 is 6.04 Å². The summed E-state index contributed by atoms with van der Waals surface area (Å²) in [6.45, 7) is 3.68. The first kappa shape index (κ1) is 16.2. The van der Waals surface area contributed by atoms with Gasteiger partial charge in [-0.1, -0.05) is 25.0 Å². The molecule has 0 fully saturated rings. The molecular formula is C16H22FNO2. The number of carbonyl (C=O) groups excluding carboxylic acids is 1.